The van der Waals surface area contributed by atoms with Crippen LogP contribution in [0.25, 0.3) is 0 Å². The molecule has 1 amide bonds. The number of hydrogen-bond acceptors (Lipinski definition) is 3. The molecule has 0 saturated heterocycles. The Hall–Kier alpha value is -1.31. The molecule has 0 unspecified atom stereocenters. The average molecular weight is 305 g/mol. The number of nitrogens with one attached hydrogen (secondary N) is 1. The van der Waals surface area contributed by atoms with Crippen LogP contribution in [0.5, 0.6) is 0 Å². The van der Waals surface area contributed by atoms with Crippen LogP contribution >= 0.6 is 11.3 Å². The summed E-state index contributed by atoms with van der Waals surface area (Å²) < 4.78 is 0. The molecule has 0 aromatic carbocycles. The molecular weight excluding hydrogens is 282 g/mol. The Morgan fingerprint density at radius 2 is 2.19 bits per heavy atom. The molecule has 0 aliphatic heterocycles. The van der Waals surface area contributed by atoms with Gasteiger partial charge in [-0.3, -0.25) is 4.79 Å². The first-order valence-corrected chi connectivity index (χ1v) is 8.52. The molecule has 1 fully saturated rings. The van der Waals surface area contributed by atoms with Crippen molar-refractivity contribution >= 4 is 17.2 Å². The van der Waals surface area contributed by atoms with Crippen molar-refractivity contribution in [3.8, 4) is 11.8 Å². The normalized spacial score (nSPS) is 21.4. The van der Waals surface area contributed by atoms with E-state index >= 15 is 0 Å². The maximum atomic E-state index is 12.2. The Labute approximate surface area is 130 Å². The Kier molecular flexibility index (Phi) is 6.28. The second-order valence-electron chi connectivity index (χ2n) is 5.71. The van der Waals surface area contributed by atoms with Gasteiger partial charge in [0.25, 0.3) is 0 Å². The second-order valence-corrected chi connectivity index (χ2v) is 6.71. The molecular formula is C17H23NO2S. The third-order valence-corrected chi connectivity index (χ3v) is 4.94. The van der Waals surface area contributed by atoms with Gasteiger partial charge >= 0.3 is 0 Å². The molecule has 3 nitrogen and oxygen atoms in total. The quantitative estimate of drug-likeness (QED) is 0.840. The zero-order valence-electron chi connectivity index (χ0n) is 12.5. The van der Waals surface area contributed by atoms with E-state index < -0.39 is 0 Å². The van der Waals surface area contributed by atoms with Crippen LogP contribution in [-0.2, 0) is 11.3 Å². The minimum atomic E-state index is 0.0866. The third kappa shape index (κ3) is 4.87. The van der Waals surface area contributed by atoms with Gasteiger partial charge in [0.1, 0.15) is 0 Å². The standard InChI is InChI=1S/C17H23NO2S/c1-13-5-7-15(8-6-13)17(20)18-12-16-14(9-11-21-16)4-2-3-10-19/h9,11,13,15,19H,3,5-8,10,12H2,1H3,(H,18,20). The molecule has 0 atom stereocenters. The molecule has 0 spiro atoms. The monoisotopic (exact) mass is 305 g/mol. The highest BCUT2D eigenvalue weighted by molar-refractivity contribution is 7.10. The molecule has 4 heteroatoms. The summed E-state index contributed by atoms with van der Waals surface area (Å²) in [6, 6.07) is 1.97. The number of aliphatic hydroxyl groups is 1. The molecule has 1 saturated carbocycles. The number of carbonyl (C=O) groups excluding carboxylic acids is 1. The Bertz CT molecular complexity index is 518. The highest BCUT2D eigenvalue weighted by Gasteiger charge is 2.24. The zero-order valence-corrected chi connectivity index (χ0v) is 13.3. The van der Waals surface area contributed by atoms with Gasteiger partial charge in [-0.2, -0.15) is 0 Å². The van der Waals surface area contributed by atoms with Gasteiger partial charge in [-0.25, -0.2) is 0 Å². The van der Waals surface area contributed by atoms with Gasteiger partial charge in [-0.05, 0) is 43.0 Å². The van der Waals surface area contributed by atoms with E-state index in [-0.39, 0.29) is 18.4 Å². The summed E-state index contributed by atoms with van der Waals surface area (Å²) in [5, 5.41) is 13.8. The fraction of sp³-hybridized carbons (Fsp3) is 0.588. The molecule has 21 heavy (non-hydrogen) atoms. The van der Waals surface area contributed by atoms with Gasteiger partial charge in [0.2, 0.25) is 5.91 Å². The number of amides is 1. The van der Waals surface area contributed by atoms with E-state index in [1.54, 1.807) is 11.3 Å². The topological polar surface area (TPSA) is 49.3 Å². The SMILES string of the molecule is CC1CCC(C(=O)NCc2sccc2C#CCCO)CC1. The first-order valence-electron chi connectivity index (χ1n) is 7.64. The number of carbonyl (C=O) groups is 1. The predicted molar refractivity (Wildman–Crippen MR) is 85.9 cm³/mol. The van der Waals surface area contributed by atoms with Crippen molar-refractivity contribution in [1.82, 2.24) is 5.32 Å². The minimum absolute atomic E-state index is 0.0866. The fourth-order valence-corrected chi connectivity index (χ4v) is 3.41. The van der Waals surface area contributed by atoms with E-state index in [9.17, 15) is 4.79 Å². The largest absolute Gasteiger partial charge is 0.395 e. The van der Waals surface area contributed by atoms with Gasteiger partial charge < -0.3 is 10.4 Å². The maximum absolute atomic E-state index is 12.2. The van der Waals surface area contributed by atoms with E-state index in [4.69, 9.17) is 5.11 Å². The molecule has 2 N–H and O–H groups in total. The second kappa shape index (κ2) is 8.21. The Morgan fingerprint density at radius 3 is 2.90 bits per heavy atom. The molecule has 1 heterocycles. The first kappa shape index (κ1) is 16.1. The summed E-state index contributed by atoms with van der Waals surface area (Å²) >= 11 is 1.62. The van der Waals surface area contributed by atoms with Gasteiger partial charge in [-0.1, -0.05) is 18.8 Å². The lowest BCUT2D eigenvalue weighted by Gasteiger charge is -2.25. The summed E-state index contributed by atoms with van der Waals surface area (Å²) in [6.07, 6.45) is 4.84. The van der Waals surface area contributed by atoms with Crippen LogP contribution in [0.4, 0.5) is 0 Å². The number of thiophene rings is 1. The van der Waals surface area contributed by atoms with Crippen LogP contribution in [0.3, 0.4) is 0 Å². The summed E-state index contributed by atoms with van der Waals surface area (Å²) in [6.45, 7) is 2.91. The van der Waals surface area contributed by atoms with Crippen LogP contribution in [0.15, 0.2) is 11.4 Å². The average Bonchev–Trinajstić information content (AvgIpc) is 2.93. The van der Waals surface area contributed by atoms with Gasteiger partial charge in [-0.15, -0.1) is 11.3 Å². The van der Waals surface area contributed by atoms with Crippen LogP contribution in [0.2, 0.25) is 0 Å². The predicted octanol–water partition coefficient (Wildman–Crippen LogP) is 2.92. The highest BCUT2D eigenvalue weighted by atomic mass is 32.1. The van der Waals surface area contributed by atoms with Crippen molar-refractivity contribution in [2.75, 3.05) is 6.61 Å². The summed E-state index contributed by atoms with van der Waals surface area (Å²) in [4.78, 5) is 13.3. The van der Waals surface area contributed by atoms with Crippen molar-refractivity contribution in [1.29, 1.82) is 0 Å². The molecule has 0 bridgehead atoms. The van der Waals surface area contributed by atoms with E-state index in [0.717, 1.165) is 42.0 Å². The van der Waals surface area contributed by atoms with Crippen molar-refractivity contribution in [3.05, 3.63) is 21.9 Å². The first-order chi connectivity index (χ1) is 10.2. The number of hydrogen-bond donors (Lipinski definition) is 2. The van der Waals surface area contributed by atoms with E-state index in [1.165, 1.54) is 0 Å². The summed E-state index contributed by atoms with van der Waals surface area (Å²) in [7, 11) is 0. The molecule has 1 aromatic rings. The van der Waals surface area contributed by atoms with Gasteiger partial charge in [0.15, 0.2) is 0 Å². The Morgan fingerprint density at radius 1 is 1.43 bits per heavy atom. The summed E-state index contributed by atoms with van der Waals surface area (Å²) in [5.74, 6) is 7.11. The summed E-state index contributed by atoms with van der Waals surface area (Å²) in [5.41, 5.74) is 0.964. The van der Waals surface area contributed by atoms with Crippen LogP contribution < -0.4 is 5.32 Å². The minimum Gasteiger partial charge on any atom is -0.395 e. The number of aliphatic hydroxyl groups excluding tert-OH is 1. The van der Waals surface area contributed by atoms with Crippen LogP contribution in [0, 0.1) is 23.7 Å². The van der Waals surface area contributed by atoms with Gasteiger partial charge in [0.05, 0.1) is 13.2 Å². The lowest BCUT2D eigenvalue weighted by Crippen LogP contribution is -2.32. The molecule has 2 rings (SSSR count). The van der Waals surface area contributed by atoms with E-state index in [2.05, 4.69) is 24.1 Å². The van der Waals surface area contributed by atoms with Crippen LogP contribution in [0.1, 0.15) is 49.5 Å². The molecule has 1 aliphatic carbocycles. The Balaban J connectivity index is 1.84. The molecule has 0 radical (unpaired) electrons. The maximum Gasteiger partial charge on any atom is 0.223 e. The smallest absolute Gasteiger partial charge is 0.223 e. The highest BCUT2D eigenvalue weighted by Crippen LogP contribution is 2.28. The third-order valence-electron chi connectivity index (χ3n) is 4.02. The molecule has 1 aromatic heterocycles. The fourth-order valence-electron chi connectivity index (χ4n) is 2.64. The van der Waals surface area contributed by atoms with Crippen molar-refractivity contribution < 1.29 is 9.90 Å². The van der Waals surface area contributed by atoms with Gasteiger partial charge in [0, 0.05) is 22.8 Å². The van der Waals surface area contributed by atoms with Crippen molar-refractivity contribution in [3.63, 3.8) is 0 Å². The van der Waals surface area contributed by atoms with Crippen molar-refractivity contribution in [2.24, 2.45) is 11.8 Å². The lowest BCUT2D eigenvalue weighted by atomic mass is 9.82. The van der Waals surface area contributed by atoms with E-state index in [1.807, 2.05) is 11.4 Å². The number of rotatable bonds is 4. The van der Waals surface area contributed by atoms with Crippen molar-refractivity contribution in [2.45, 2.75) is 45.6 Å². The van der Waals surface area contributed by atoms with Crippen LogP contribution in [-0.4, -0.2) is 17.6 Å². The molecule has 1 aliphatic rings. The lowest BCUT2D eigenvalue weighted by molar-refractivity contribution is -0.126. The zero-order chi connectivity index (χ0) is 15.1. The molecule has 114 valence electrons. The van der Waals surface area contributed by atoms with E-state index in [0.29, 0.717) is 13.0 Å².